The highest BCUT2D eigenvalue weighted by atomic mass is 16.7. The third-order valence-corrected chi connectivity index (χ3v) is 11.7. The van der Waals surface area contributed by atoms with Crippen LogP contribution in [0.2, 0.25) is 0 Å². The Hall–Kier alpha value is -1.45. The van der Waals surface area contributed by atoms with Crippen molar-refractivity contribution < 1.29 is 55.1 Å². The predicted octanol–water partition coefficient (Wildman–Crippen LogP) is 6.81. The maximum atomic E-state index is 13.1. The molecule has 2 unspecified atom stereocenters. The van der Waals surface area contributed by atoms with Crippen LogP contribution in [0.4, 0.5) is 0 Å². The van der Waals surface area contributed by atoms with Gasteiger partial charge in [-0.25, -0.2) is 0 Å². The molecule has 1 aliphatic rings. The summed E-state index contributed by atoms with van der Waals surface area (Å²) in [6, 6.07) is -1.12. The SMILES string of the molecule is CCCCCCC/C=C/C(C)(O)C(O)CC/C=C/[C@@H](O)[C@H](CO[C@@H]1O[C@H](CO)[C@@H](O)[C@H](O)[C@H]1O)NC(=O)[C@H](O)CCCCCCCCCCCCCCCCCCCC. The van der Waals surface area contributed by atoms with Gasteiger partial charge in [-0.2, -0.15) is 0 Å². The molecule has 1 amide bonds. The first-order valence-corrected chi connectivity index (χ1v) is 23.7. The molecule has 1 heterocycles. The van der Waals surface area contributed by atoms with Gasteiger partial charge in [0.15, 0.2) is 6.29 Å². The van der Waals surface area contributed by atoms with Gasteiger partial charge in [-0.1, -0.05) is 179 Å². The van der Waals surface area contributed by atoms with Gasteiger partial charge < -0.3 is 55.6 Å². The number of ether oxygens (including phenoxy) is 2. The van der Waals surface area contributed by atoms with Crippen LogP contribution in [0.15, 0.2) is 24.3 Å². The minimum atomic E-state index is -1.67. The molecule has 0 saturated carbocycles. The van der Waals surface area contributed by atoms with E-state index in [2.05, 4.69) is 19.2 Å². The van der Waals surface area contributed by atoms with E-state index >= 15 is 0 Å². The van der Waals surface area contributed by atoms with E-state index in [9.17, 15) is 45.6 Å². The zero-order valence-corrected chi connectivity index (χ0v) is 37.3. The van der Waals surface area contributed by atoms with Crippen molar-refractivity contribution in [3.63, 3.8) is 0 Å². The maximum Gasteiger partial charge on any atom is 0.249 e. The minimum Gasteiger partial charge on any atom is -0.394 e. The van der Waals surface area contributed by atoms with Crippen LogP contribution >= 0.6 is 0 Å². The Morgan fingerprint density at radius 1 is 0.678 bits per heavy atom. The summed E-state index contributed by atoms with van der Waals surface area (Å²) >= 11 is 0. The van der Waals surface area contributed by atoms with E-state index in [1.54, 1.807) is 19.1 Å². The number of carbonyl (C=O) groups is 1. The standard InChI is InChI=1S/C47H89NO11/c1-4-6-8-10-12-13-14-15-16-17-18-19-20-21-22-23-25-27-32-39(51)45(56)48-37(36-58-46-44(55)43(54)42(53)40(35-49)59-46)38(50)31-28-29-33-41(52)47(3,57)34-30-26-24-11-9-7-5-2/h28,30-31,34,37-44,46,49-55,57H,4-27,29,32-33,35-36H2,1-3H3,(H,48,56)/b31-28+,34-30+/t37-,38+,39+,40+,41?,42+,43-,44+,46+,47?/m0/s1. The summed E-state index contributed by atoms with van der Waals surface area (Å²) in [5.74, 6) is -0.699. The third kappa shape index (κ3) is 25.9. The molecular weight excluding hydrogens is 755 g/mol. The van der Waals surface area contributed by atoms with Crippen molar-refractivity contribution in [3.8, 4) is 0 Å². The van der Waals surface area contributed by atoms with Gasteiger partial charge in [0, 0.05) is 0 Å². The maximum absolute atomic E-state index is 13.1. The van der Waals surface area contributed by atoms with Crippen molar-refractivity contribution in [1.29, 1.82) is 0 Å². The molecule has 348 valence electrons. The zero-order valence-electron chi connectivity index (χ0n) is 37.3. The number of aliphatic hydroxyl groups is 8. The van der Waals surface area contributed by atoms with Crippen LogP contribution in [-0.2, 0) is 14.3 Å². The van der Waals surface area contributed by atoms with Crippen LogP contribution in [-0.4, -0.2) is 121 Å². The molecule has 10 atom stereocenters. The highest BCUT2D eigenvalue weighted by molar-refractivity contribution is 5.80. The fourth-order valence-corrected chi connectivity index (χ4v) is 7.49. The Labute approximate surface area is 357 Å². The van der Waals surface area contributed by atoms with Gasteiger partial charge in [-0.3, -0.25) is 4.79 Å². The molecule has 0 aromatic rings. The number of allylic oxidation sites excluding steroid dienone is 2. The zero-order chi connectivity index (χ0) is 43.7. The largest absolute Gasteiger partial charge is 0.394 e. The summed E-state index contributed by atoms with van der Waals surface area (Å²) < 4.78 is 11.1. The van der Waals surface area contributed by atoms with Crippen LogP contribution in [0.5, 0.6) is 0 Å². The van der Waals surface area contributed by atoms with Gasteiger partial charge in [0.05, 0.1) is 31.5 Å². The number of aliphatic hydroxyl groups excluding tert-OH is 7. The number of nitrogens with one attached hydrogen (secondary N) is 1. The average molecular weight is 844 g/mol. The summed E-state index contributed by atoms with van der Waals surface area (Å²) in [6.07, 6.45) is 25.0. The van der Waals surface area contributed by atoms with Crippen molar-refractivity contribution in [1.82, 2.24) is 5.32 Å². The number of hydrogen-bond acceptors (Lipinski definition) is 11. The molecule has 59 heavy (non-hydrogen) atoms. The third-order valence-electron chi connectivity index (χ3n) is 11.7. The summed E-state index contributed by atoms with van der Waals surface area (Å²) in [5.41, 5.74) is -1.42. The lowest BCUT2D eigenvalue weighted by molar-refractivity contribution is -0.302. The van der Waals surface area contributed by atoms with Gasteiger partial charge in [0.2, 0.25) is 5.91 Å². The molecule has 1 saturated heterocycles. The molecule has 0 aliphatic carbocycles. The molecule has 0 aromatic heterocycles. The highest BCUT2D eigenvalue weighted by Crippen LogP contribution is 2.23. The lowest BCUT2D eigenvalue weighted by Crippen LogP contribution is -2.60. The van der Waals surface area contributed by atoms with Gasteiger partial charge >= 0.3 is 0 Å². The molecule has 12 heteroatoms. The Morgan fingerprint density at radius 3 is 1.68 bits per heavy atom. The fraction of sp³-hybridized carbons (Fsp3) is 0.894. The number of rotatable bonds is 38. The number of amides is 1. The first-order valence-electron chi connectivity index (χ1n) is 23.7. The average Bonchev–Trinajstić information content (AvgIpc) is 3.22. The highest BCUT2D eigenvalue weighted by Gasteiger charge is 2.44. The van der Waals surface area contributed by atoms with Crippen molar-refractivity contribution in [2.24, 2.45) is 0 Å². The van der Waals surface area contributed by atoms with E-state index in [4.69, 9.17) is 9.47 Å². The van der Waals surface area contributed by atoms with Gasteiger partial charge in [0.1, 0.15) is 36.1 Å². The smallest absolute Gasteiger partial charge is 0.249 e. The van der Waals surface area contributed by atoms with E-state index in [1.165, 1.54) is 115 Å². The van der Waals surface area contributed by atoms with Crippen molar-refractivity contribution in [3.05, 3.63) is 24.3 Å². The second kappa shape index (κ2) is 35.1. The van der Waals surface area contributed by atoms with E-state index < -0.39 is 79.8 Å². The molecule has 0 spiro atoms. The van der Waals surface area contributed by atoms with Crippen LogP contribution < -0.4 is 5.32 Å². The normalized spacial score (nSPS) is 23.1. The first-order chi connectivity index (χ1) is 28.4. The lowest BCUT2D eigenvalue weighted by atomic mass is 9.94. The molecule has 12 nitrogen and oxygen atoms in total. The molecule has 1 rings (SSSR count). The number of hydrogen-bond donors (Lipinski definition) is 9. The Kier molecular flexibility index (Phi) is 33.0. The molecule has 1 fully saturated rings. The second-order valence-corrected chi connectivity index (χ2v) is 17.3. The van der Waals surface area contributed by atoms with Gasteiger partial charge in [-0.05, 0) is 39.0 Å². The molecule has 0 bridgehead atoms. The van der Waals surface area contributed by atoms with E-state index in [0.717, 1.165) is 38.5 Å². The van der Waals surface area contributed by atoms with Crippen molar-refractivity contribution >= 4 is 5.91 Å². The quantitative estimate of drug-likeness (QED) is 0.0233. The van der Waals surface area contributed by atoms with Crippen LogP contribution in [0, 0.1) is 0 Å². The van der Waals surface area contributed by atoms with E-state index in [-0.39, 0.29) is 12.8 Å². The van der Waals surface area contributed by atoms with Gasteiger partial charge in [0.25, 0.3) is 0 Å². The number of carbonyl (C=O) groups excluding carboxylic acids is 1. The van der Waals surface area contributed by atoms with E-state index in [0.29, 0.717) is 12.8 Å². The van der Waals surface area contributed by atoms with Crippen molar-refractivity contribution in [2.75, 3.05) is 13.2 Å². The summed E-state index contributed by atoms with van der Waals surface area (Å²) in [7, 11) is 0. The molecule has 0 aromatic carbocycles. The number of unbranched alkanes of at least 4 members (excludes halogenated alkanes) is 22. The summed E-state index contributed by atoms with van der Waals surface area (Å²) in [4.78, 5) is 13.1. The van der Waals surface area contributed by atoms with E-state index in [1.807, 2.05) is 6.08 Å². The molecular formula is C47H89NO11. The minimum absolute atomic E-state index is 0.202. The van der Waals surface area contributed by atoms with Crippen LogP contribution in [0.3, 0.4) is 0 Å². The summed E-state index contributed by atoms with van der Waals surface area (Å²) in [6.45, 7) is 4.93. The molecule has 9 N–H and O–H groups in total. The summed E-state index contributed by atoms with van der Waals surface area (Å²) in [5, 5.41) is 86.1. The Morgan fingerprint density at radius 2 is 1.17 bits per heavy atom. The second-order valence-electron chi connectivity index (χ2n) is 17.3. The van der Waals surface area contributed by atoms with Crippen LogP contribution in [0.1, 0.15) is 194 Å². The lowest BCUT2D eigenvalue weighted by Gasteiger charge is -2.40. The topological polar surface area (TPSA) is 209 Å². The molecule has 0 radical (unpaired) electrons. The van der Waals surface area contributed by atoms with Gasteiger partial charge in [-0.15, -0.1) is 0 Å². The Balaban J connectivity index is 2.53. The van der Waals surface area contributed by atoms with Crippen molar-refractivity contribution in [2.45, 2.75) is 255 Å². The monoisotopic (exact) mass is 844 g/mol. The fourth-order valence-electron chi connectivity index (χ4n) is 7.49. The first kappa shape index (κ1) is 55.6. The molecule has 1 aliphatic heterocycles. The predicted molar refractivity (Wildman–Crippen MR) is 235 cm³/mol. The Bertz CT molecular complexity index is 1060. The van der Waals surface area contributed by atoms with Crippen LogP contribution in [0.25, 0.3) is 0 Å².